The molecule has 0 amide bonds. The molecule has 1 saturated carbocycles. The maximum absolute atomic E-state index is 6.39. The summed E-state index contributed by atoms with van der Waals surface area (Å²) in [7, 11) is 1.69. The van der Waals surface area contributed by atoms with E-state index < -0.39 is 5.54 Å². The second kappa shape index (κ2) is 5.80. The van der Waals surface area contributed by atoms with Crippen LogP contribution in [0.25, 0.3) is 0 Å². The first-order chi connectivity index (χ1) is 8.64. The third-order valence-electron chi connectivity index (χ3n) is 3.81. The van der Waals surface area contributed by atoms with Crippen LogP contribution in [0.2, 0.25) is 0 Å². The van der Waals surface area contributed by atoms with Crippen molar-refractivity contribution in [3.8, 4) is 0 Å². The molecular weight excluding hydrogens is 230 g/mol. The summed E-state index contributed by atoms with van der Waals surface area (Å²) in [6, 6.07) is 0. The lowest BCUT2D eigenvalue weighted by atomic mass is 9.78. The van der Waals surface area contributed by atoms with Crippen molar-refractivity contribution in [3.05, 3.63) is 11.7 Å². The van der Waals surface area contributed by atoms with Crippen molar-refractivity contribution in [1.29, 1.82) is 0 Å². The molecule has 0 spiro atoms. The molecule has 102 valence electrons. The molecule has 5 nitrogen and oxygen atoms in total. The smallest absolute Gasteiger partial charge is 0.246 e. The number of rotatable bonds is 5. The molecule has 1 fully saturated rings. The highest BCUT2D eigenvalue weighted by molar-refractivity contribution is 5.04. The molecule has 5 heteroatoms. The van der Waals surface area contributed by atoms with Crippen LogP contribution in [0.15, 0.2) is 4.52 Å². The van der Waals surface area contributed by atoms with E-state index in [1.54, 1.807) is 7.11 Å². The Labute approximate surface area is 108 Å². The summed E-state index contributed by atoms with van der Waals surface area (Å²) >= 11 is 0. The van der Waals surface area contributed by atoms with E-state index in [0.717, 1.165) is 56.9 Å². The van der Waals surface area contributed by atoms with Gasteiger partial charge in [0.1, 0.15) is 0 Å². The number of methoxy groups -OCH3 is 1. The Balaban J connectivity index is 1.96. The summed E-state index contributed by atoms with van der Waals surface area (Å²) in [6.45, 7) is 2.98. The number of aryl methyl sites for hydroxylation is 1. The van der Waals surface area contributed by atoms with Gasteiger partial charge in [0.05, 0.1) is 5.54 Å². The summed E-state index contributed by atoms with van der Waals surface area (Å²) < 4.78 is 10.4. The Hall–Kier alpha value is -0.940. The second-order valence-electron chi connectivity index (χ2n) is 5.45. The summed E-state index contributed by atoms with van der Waals surface area (Å²) in [6.07, 6.45) is 5.84. The van der Waals surface area contributed by atoms with Gasteiger partial charge in [0.2, 0.25) is 5.89 Å². The van der Waals surface area contributed by atoms with Crippen LogP contribution < -0.4 is 5.73 Å². The fourth-order valence-electron chi connectivity index (χ4n) is 2.42. The Morgan fingerprint density at radius 3 is 2.83 bits per heavy atom. The van der Waals surface area contributed by atoms with Crippen molar-refractivity contribution >= 4 is 0 Å². The average Bonchev–Trinajstić information content (AvgIpc) is 2.83. The number of hydrogen-bond donors (Lipinski definition) is 1. The molecular formula is C13H23N3O2. The summed E-state index contributed by atoms with van der Waals surface area (Å²) in [5, 5.41) is 4.01. The van der Waals surface area contributed by atoms with Gasteiger partial charge in [-0.25, -0.2) is 0 Å². The van der Waals surface area contributed by atoms with Crippen LogP contribution in [0.1, 0.15) is 50.7 Å². The normalized spacial score (nSPS) is 28.5. The minimum atomic E-state index is -0.404. The predicted octanol–water partition coefficient (Wildman–Crippen LogP) is 2.01. The van der Waals surface area contributed by atoms with Gasteiger partial charge in [0.15, 0.2) is 5.82 Å². The largest absolute Gasteiger partial charge is 0.385 e. The Morgan fingerprint density at radius 1 is 1.44 bits per heavy atom. The minimum absolute atomic E-state index is 0.404. The number of nitrogens with zero attached hydrogens (tertiary/aromatic N) is 2. The third kappa shape index (κ3) is 3.09. The van der Waals surface area contributed by atoms with Crippen molar-refractivity contribution < 1.29 is 9.26 Å². The SMILES string of the molecule is COCCCc1noc(C2(N)CCC(C)CC2)n1. The van der Waals surface area contributed by atoms with Crippen molar-refractivity contribution in [2.24, 2.45) is 11.7 Å². The first kappa shape index (κ1) is 13.5. The van der Waals surface area contributed by atoms with Gasteiger partial charge >= 0.3 is 0 Å². The van der Waals surface area contributed by atoms with Crippen molar-refractivity contribution in [3.63, 3.8) is 0 Å². The van der Waals surface area contributed by atoms with E-state index in [0.29, 0.717) is 5.89 Å². The molecule has 0 bridgehead atoms. The highest BCUT2D eigenvalue weighted by Crippen LogP contribution is 2.36. The molecule has 1 aliphatic carbocycles. The highest BCUT2D eigenvalue weighted by atomic mass is 16.5. The van der Waals surface area contributed by atoms with Crippen molar-refractivity contribution in [1.82, 2.24) is 10.1 Å². The fourth-order valence-corrected chi connectivity index (χ4v) is 2.42. The second-order valence-corrected chi connectivity index (χ2v) is 5.45. The monoisotopic (exact) mass is 253 g/mol. The van der Waals surface area contributed by atoms with Gasteiger partial charge in [-0.15, -0.1) is 0 Å². The van der Waals surface area contributed by atoms with E-state index in [4.69, 9.17) is 15.0 Å². The summed E-state index contributed by atoms with van der Waals surface area (Å²) in [5.74, 6) is 2.11. The molecule has 0 aliphatic heterocycles. The molecule has 2 rings (SSSR count). The number of hydrogen-bond acceptors (Lipinski definition) is 5. The van der Waals surface area contributed by atoms with Crippen LogP contribution in [-0.2, 0) is 16.7 Å². The van der Waals surface area contributed by atoms with Gasteiger partial charge in [-0.3, -0.25) is 0 Å². The lowest BCUT2D eigenvalue weighted by molar-refractivity contribution is 0.189. The lowest BCUT2D eigenvalue weighted by Gasteiger charge is -2.32. The minimum Gasteiger partial charge on any atom is -0.385 e. The van der Waals surface area contributed by atoms with Gasteiger partial charge in [-0.2, -0.15) is 4.98 Å². The average molecular weight is 253 g/mol. The zero-order chi connectivity index (χ0) is 13.0. The predicted molar refractivity (Wildman–Crippen MR) is 68.0 cm³/mol. The lowest BCUT2D eigenvalue weighted by Crippen LogP contribution is -2.40. The molecule has 0 atom stereocenters. The van der Waals surface area contributed by atoms with E-state index in [-0.39, 0.29) is 0 Å². The molecule has 1 aromatic rings. The number of nitrogens with two attached hydrogens (primary N) is 1. The summed E-state index contributed by atoms with van der Waals surface area (Å²) in [5.41, 5.74) is 5.99. The van der Waals surface area contributed by atoms with E-state index in [1.807, 2.05) is 0 Å². The summed E-state index contributed by atoms with van der Waals surface area (Å²) in [4.78, 5) is 4.44. The van der Waals surface area contributed by atoms with Crippen LogP contribution in [0, 0.1) is 5.92 Å². The molecule has 0 radical (unpaired) electrons. The molecule has 1 heterocycles. The van der Waals surface area contributed by atoms with Crippen LogP contribution in [0.5, 0.6) is 0 Å². The van der Waals surface area contributed by atoms with Gasteiger partial charge < -0.3 is 15.0 Å². The van der Waals surface area contributed by atoms with Gasteiger partial charge in [0.25, 0.3) is 0 Å². The van der Waals surface area contributed by atoms with E-state index in [2.05, 4.69) is 17.1 Å². The standard InChI is InChI=1S/C13H23N3O2/c1-10-5-7-13(14,8-6-10)12-15-11(16-18-12)4-3-9-17-2/h10H,3-9,14H2,1-2H3. The van der Waals surface area contributed by atoms with Gasteiger partial charge in [0, 0.05) is 20.1 Å². The third-order valence-corrected chi connectivity index (χ3v) is 3.81. The van der Waals surface area contributed by atoms with Crippen molar-refractivity contribution in [2.75, 3.05) is 13.7 Å². The number of aromatic nitrogens is 2. The zero-order valence-electron chi connectivity index (χ0n) is 11.3. The van der Waals surface area contributed by atoms with Gasteiger partial charge in [-0.1, -0.05) is 12.1 Å². The Bertz CT molecular complexity index is 370. The molecule has 0 unspecified atom stereocenters. The molecule has 2 N–H and O–H groups in total. The first-order valence-corrected chi connectivity index (χ1v) is 6.75. The van der Waals surface area contributed by atoms with Crippen LogP contribution in [-0.4, -0.2) is 23.9 Å². The molecule has 1 aromatic heterocycles. The van der Waals surface area contributed by atoms with Crippen LogP contribution >= 0.6 is 0 Å². The van der Waals surface area contributed by atoms with Crippen LogP contribution in [0.3, 0.4) is 0 Å². The van der Waals surface area contributed by atoms with E-state index in [1.165, 1.54) is 0 Å². The highest BCUT2D eigenvalue weighted by Gasteiger charge is 2.36. The topological polar surface area (TPSA) is 74.2 Å². The molecule has 0 saturated heterocycles. The van der Waals surface area contributed by atoms with E-state index >= 15 is 0 Å². The van der Waals surface area contributed by atoms with E-state index in [9.17, 15) is 0 Å². The Kier molecular flexibility index (Phi) is 4.35. The quantitative estimate of drug-likeness (QED) is 0.812. The maximum atomic E-state index is 6.39. The van der Waals surface area contributed by atoms with Gasteiger partial charge in [-0.05, 0) is 38.0 Å². The van der Waals surface area contributed by atoms with Crippen LogP contribution in [0.4, 0.5) is 0 Å². The fraction of sp³-hybridized carbons (Fsp3) is 0.846. The molecule has 0 aromatic carbocycles. The molecule has 1 aliphatic rings. The maximum Gasteiger partial charge on any atom is 0.246 e. The molecule has 18 heavy (non-hydrogen) atoms. The first-order valence-electron chi connectivity index (χ1n) is 6.75. The number of ether oxygens (including phenoxy) is 1. The Morgan fingerprint density at radius 2 is 2.17 bits per heavy atom. The zero-order valence-corrected chi connectivity index (χ0v) is 11.3. The van der Waals surface area contributed by atoms with Crippen molar-refractivity contribution in [2.45, 2.75) is 51.0 Å².